The van der Waals surface area contributed by atoms with Crippen LogP contribution >= 0.6 is 38.9 Å². The highest BCUT2D eigenvalue weighted by atomic mass is 79.9. The minimum atomic E-state index is 0.386. The van der Waals surface area contributed by atoms with E-state index < -0.39 is 0 Å². The summed E-state index contributed by atoms with van der Waals surface area (Å²) in [5.41, 5.74) is 2.55. The molecule has 0 radical (unpaired) electrons. The van der Waals surface area contributed by atoms with E-state index in [0.717, 1.165) is 21.7 Å². The molecule has 0 spiro atoms. The lowest BCUT2D eigenvalue weighted by atomic mass is 10.1. The molecule has 1 N–H and O–H groups in total. The number of nitrogens with one attached hydrogen (secondary N) is 1. The second-order valence-corrected chi connectivity index (χ2v) is 8.05. The van der Waals surface area contributed by atoms with Gasteiger partial charge in [0.25, 0.3) is 0 Å². The van der Waals surface area contributed by atoms with Crippen LogP contribution in [0.3, 0.4) is 0 Å². The molecule has 2 aromatic carbocycles. The lowest BCUT2D eigenvalue weighted by molar-refractivity contribution is 0.762. The van der Waals surface area contributed by atoms with Gasteiger partial charge in [-0.15, -0.1) is 11.3 Å². The summed E-state index contributed by atoms with van der Waals surface area (Å²) in [5, 5.41) is 6.16. The van der Waals surface area contributed by atoms with Gasteiger partial charge in [-0.1, -0.05) is 39.7 Å². The fourth-order valence-corrected chi connectivity index (χ4v) is 4.72. The normalized spacial score (nSPS) is 17.1. The number of thiophene rings is 1. The van der Waals surface area contributed by atoms with Crippen molar-refractivity contribution < 1.29 is 0 Å². The van der Waals surface area contributed by atoms with Crippen LogP contribution < -0.4 is 5.32 Å². The fourth-order valence-electron chi connectivity index (χ4n) is 2.99. The van der Waals surface area contributed by atoms with E-state index in [1.54, 1.807) is 11.3 Å². The Kier molecular flexibility index (Phi) is 3.44. The summed E-state index contributed by atoms with van der Waals surface area (Å²) in [7, 11) is 0. The Morgan fingerprint density at radius 1 is 1.10 bits per heavy atom. The quantitative estimate of drug-likeness (QED) is 0.543. The van der Waals surface area contributed by atoms with E-state index in [4.69, 9.17) is 11.6 Å². The number of benzene rings is 2. The first kappa shape index (κ1) is 13.6. The van der Waals surface area contributed by atoms with Crippen molar-refractivity contribution in [2.75, 3.05) is 5.32 Å². The Labute approximate surface area is 141 Å². The highest BCUT2D eigenvalue weighted by Crippen LogP contribution is 2.41. The van der Waals surface area contributed by atoms with Gasteiger partial charge >= 0.3 is 0 Å². The Balaban J connectivity index is 1.64. The number of aryl methyl sites for hydroxylation is 1. The number of halogens is 2. The molecule has 1 unspecified atom stereocenters. The molecule has 3 aromatic rings. The SMILES string of the molecule is Clc1cc2c(s1)CCC2Nc1ccc2cc(Br)ccc2c1. The van der Waals surface area contributed by atoms with Crippen LogP contribution in [0.25, 0.3) is 10.8 Å². The van der Waals surface area contributed by atoms with Gasteiger partial charge in [-0.25, -0.2) is 0 Å². The molecule has 1 heterocycles. The van der Waals surface area contributed by atoms with Crippen molar-refractivity contribution in [3.05, 3.63) is 61.7 Å². The van der Waals surface area contributed by atoms with Gasteiger partial charge in [-0.05, 0) is 59.5 Å². The third kappa shape index (κ3) is 2.59. The summed E-state index contributed by atoms with van der Waals surface area (Å²) in [4.78, 5) is 1.43. The summed E-state index contributed by atoms with van der Waals surface area (Å²) in [6.07, 6.45) is 2.28. The number of fused-ring (bicyclic) bond motifs is 2. The zero-order valence-electron chi connectivity index (χ0n) is 11.2. The zero-order valence-corrected chi connectivity index (χ0v) is 14.4. The maximum atomic E-state index is 6.13. The molecule has 21 heavy (non-hydrogen) atoms. The van der Waals surface area contributed by atoms with Crippen LogP contribution in [0, 0.1) is 0 Å². The molecule has 0 saturated carbocycles. The molecule has 106 valence electrons. The molecule has 4 heteroatoms. The maximum absolute atomic E-state index is 6.13. The molecular weight excluding hydrogens is 366 g/mol. The molecule has 1 nitrogen and oxygen atoms in total. The Morgan fingerprint density at radius 2 is 1.90 bits per heavy atom. The second kappa shape index (κ2) is 5.31. The van der Waals surface area contributed by atoms with Crippen molar-refractivity contribution in [1.29, 1.82) is 0 Å². The monoisotopic (exact) mass is 377 g/mol. The summed E-state index contributed by atoms with van der Waals surface area (Å²) >= 11 is 11.4. The second-order valence-electron chi connectivity index (χ2n) is 5.37. The van der Waals surface area contributed by atoms with Crippen molar-refractivity contribution in [2.45, 2.75) is 18.9 Å². The smallest absolute Gasteiger partial charge is 0.0934 e. The Hall–Kier alpha value is -1.03. The van der Waals surface area contributed by atoms with Crippen LogP contribution in [0.15, 0.2) is 46.9 Å². The van der Waals surface area contributed by atoms with Gasteiger partial charge in [0, 0.05) is 15.0 Å². The standard InChI is InChI=1S/C17H13BrClNS/c18-12-3-1-11-8-13(4-2-10(11)7-12)20-15-5-6-16-14(15)9-17(19)21-16/h1-4,7-9,15,20H,5-6H2. The van der Waals surface area contributed by atoms with Crippen LogP contribution in [-0.4, -0.2) is 0 Å². The van der Waals surface area contributed by atoms with Crippen molar-refractivity contribution >= 4 is 55.3 Å². The molecule has 0 aliphatic heterocycles. The predicted molar refractivity (Wildman–Crippen MR) is 95.7 cm³/mol. The van der Waals surface area contributed by atoms with E-state index >= 15 is 0 Å². The zero-order chi connectivity index (χ0) is 14.4. The fraction of sp³-hybridized carbons (Fsp3) is 0.176. The van der Waals surface area contributed by atoms with E-state index in [0.29, 0.717) is 6.04 Å². The summed E-state index contributed by atoms with van der Waals surface area (Å²) in [6.45, 7) is 0. The van der Waals surface area contributed by atoms with E-state index in [1.807, 2.05) is 0 Å². The van der Waals surface area contributed by atoms with Gasteiger partial charge in [-0.3, -0.25) is 0 Å². The lowest BCUT2D eigenvalue weighted by Crippen LogP contribution is -2.06. The molecule has 4 rings (SSSR count). The summed E-state index contributed by atoms with van der Waals surface area (Å²) in [6, 6.07) is 15.4. The summed E-state index contributed by atoms with van der Waals surface area (Å²) < 4.78 is 2.01. The van der Waals surface area contributed by atoms with Crippen molar-refractivity contribution in [3.63, 3.8) is 0 Å². The predicted octanol–water partition coefficient (Wildman–Crippen LogP) is 6.42. The van der Waals surface area contributed by atoms with E-state index in [2.05, 4.69) is 63.7 Å². The van der Waals surface area contributed by atoms with Crippen LogP contribution in [-0.2, 0) is 6.42 Å². The van der Waals surface area contributed by atoms with Crippen molar-refractivity contribution in [1.82, 2.24) is 0 Å². The van der Waals surface area contributed by atoms with Crippen molar-refractivity contribution in [2.24, 2.45) is 0 Å². The van der Waals surface area contributed by atoms with Crippen molar-refractivity contribution in [3.8, 4) is 0 Å². The third-order valence-corrected chi connectivity index (χ3v) is 5.82. The van der Waals surface area contributed by atoms with Crippen LogP contribution in [0.4, 0.5) is 5.69 Å². The minimum absolute atomic E-state index is 0.386. The van der Waals surface area contributed by atoms with Gasteiger partial charge in [0.15, 0.2) is 0 Å². The van der Waals surface area contributed by atoms with Gasteiger partial charge in [0.2, 0.25) is 0 Å². The molecule has 0 bridgehead atoms. The molecule has 1 aliphatic rings. The number of hydrogen-bond acceptors (Lipinski definition) is 2. The topological polar surface area (TPSA) is 12.0 Å². The van der Waals surface area contributed by atoms with Crippen LogP contribution in [0.2, 0.25) is 4.34 Å². The summed E-state index contributed by atoms with van der Waals surface area (Å²) in [5.74, 6) is 0. The largest absolute Gasteiger partial charge is 0.378 e. The first-order chi connectivity index (χ1) is 10.2. The third-order valence-electron chi connectivity index (χ3n) is 3.99. The molecule has 1 aromatic heterocycles. The Bertz CT molecular complexity index is 827. The van der Waals surface area contributed by atoms with E-state index in [9.17, 15) is 0 Å². The first-order valence-electron chi connectivity index (χ1n) is 6.93. The Morgan fingerprint density at radius 3 is 2.81 bits per heavy atom. The number of hydrogen-bond donors (Lipinski definition) is 1. The van der Waals surface area contributed by atoms with Gasteiger partial charge < -0.3 is 5.32 Å². The van der Waals surface area contributed by atoms with Gasteiger partial charge in [0.1, 0.15) is 0 Å². The molecule has 0 fully saturated rings. The van der Waals surface area contributed by atoms with Gasteiger partial charge in [-0.2, -0.15) is 0 Å². The molecule has 1 aliphatic carbocycles. The average molecular weight is 379 g/mol. The van der Waals surface area contributed by atoms with Crippen LogP contribution in [0.1, 0.15) is 22.9 Å². The van der Waals surface area contributed by atoms with Crippen LogP contribution in [0.5, 0.6) is 0 Å². The highest BCUT2D eigenvalue weighted by Gasteiger charge is 2.24. The lowest BCUT2D eigenvalue weighted by Gasteiger charge is -2.15. The highest BCUT2D eigenvalue weighted by molar-refractivity contribution is 9.10. The number of rotatable bonds is 2. The first-order valence-corrected chi connectivity index (χ1v) is 8.92. The van der Waals surface area contributed by atoms with Gasteiger partial charge in [0.05, 0.1) is 10.4 Å². The minimum Gasteiger partial charge on any atom is -0.378 e. The van der Waals surface area contributed by atoms with E-state index in [1.165, 1.54) is 26.9 Å². The molecule has 0 saturated heterocycles. The molecule has 0 amide bonds. The maximum Gasteiger partial charge on any atom is 0.0934 e. The average Bonchev–Trinajstić information content (AvgIpc) is 3.00. The number of anilines is 1. The van der Waals surface area contributed by atoms with E-state index in [-0.39, 0.29) is 0 Å². The molecule has 1 atom stereocenters. The molecular formula is C17H13BrClNS.